The molecule has 0 aliphatic carbocycles. The average molecular weight is 523 g/mol. The summed E-state index contributed by atoms with van der Waals surface area (Å²) in [5, 5.41) is 6.42. The number of amides is 2. The van der Waals surface area contributed by atoms with Crippen LogP contribution in [0.25, 0.3) is 0 Å². The second-order valence-electron chi connectivity index (χ2n) is 9.31. The van der Waals surface area contributed by atoms with E-state index >= 15 is 0 Å². The Morgan fingerprint density at radius 2 is 1.79 bits per heavy atom. The Kier molecular flexibility index (Phi) is 7.52. The summed E-state index contributed by atoms with van der Waals surface area (Å²) in [5.41, 5.74) is 0.487. The van der Waals surface area contributed by atoms with Gasteiger partial charge >= 0.3 is 0 Å². The molecule has 4 rings (SSSR count). The van der Waals surface area contributed by atoms with E-state index in [2.05, 4.69) is 15.5 Å². The molecule has 0 fully saturated rings. The largest absolute Gasteiger partial charge is 0.361 e. The first-order valence-corrected chi connectivity index (χ1v) is 12.2. The molecule has 1 unspecified atom stereocenters. The number of carbonyl (C=O) groups excluding carboxylic acids is 3. The van der Waals surface area contributed by atoms with Crippen molar-refractivity contribution in [1.82, 2.24) is 10.1 Å². The molecule has 8 nitrogen and oxygen atoms in total. The summed E-state index contributed by atoms with van der Waals surface area (Å²) in [6, 6.07) is 9.33. The van der Waals surface area contributed by atoms with Gasteiger partial charge in [0.15, 0.2) is 11.3 Å². The standard InChI is InChI=1S/C28H28F2N4O4/c1-5-12-28(19-6-8-20(29)9-7-19)27(37)34(18(4)32-28)15-25(35)22-11-10-21(13-24(22)30)31-26(36)14-23-16(2)33-38-17(23)3/h6-11,13H,5,12,14-15H2,1-4H3,(H,31,36). The maximum Gasteiger partial charge on any atom is 0.260 e. The number of anilines is 1. The lowest BCUT2D eigenvalue weighted by molar-refractivity contribution is -0.131. The quantitative estimate of drug-likeness (QED) is 0.403. The van der Waals surface area contributed by atoms with Crippen molar-refractivity contribution in [3.8, 4) is 0 Å². The lowest BCUT2D eigenvalue weighted by Gasteiger charge is -2.26. The molecule has 1 aromatic heterocycles. The summed E-state index contributed by atoms with van der Waals surface area (Å²) in [5.74, 6) is -1.83. The molecule has 10 heteroatoms. The first-order valence-electron chi connectivity index (χ1n) is 12.2. The maximum atomic E-state index is 14.9. The Balaban J connectivity index is 1.48. The molecule has 38 heavy (non-hydrogen) atoms. The van der Waals surface area contributed by atoms with Gasteiger partial charge in [0.2, 0.25) is 5.91 Å². The van der Waals surface area contributed by atoms with Crippen LogP contribution in [-0.2, 0) is 21.5 Å². The van der Waals surface area contributed by atoms with E-state index in [9.17, 15) is 23.2 Å². The fraction of sp³-hybridized carbons (Fsp3) is 0.321. The molecule has 0 spiro atoms. The van der Waals surface area contributed by atoms with Crippen LogP contribution in [0.5, 0.6) is 0 Å². The third-order valence-corrected chi connectivity index (χ3v) is 6.65. The molecule has 1 aliphatic rings. The molecule has 1 N–H and O–H groups in total. The number of aryl methyl sites for hydroxylation is 2. The molecule has 2 aromatic carbocycles. The smallest absolute Gasteiger partial charge is 0.260 e. The third kappa shape index (κ3) is 5.11. The summed E-state index contributed by atoms with van der Waals surface area (Å²) in [7, 11) is 0. The molecule has 0 bridgehead atoms. The maximum absolute atomic E-state index is 14.9. The van der Waals surface area contributed by atoms with Gasteiger partial charge in [-0.05, 0) is 63.1 Å². The summed E-state index contributed by atoms with van der Waals surface area (Å²) >= 11 is 0. The zero-order valence-corrected chi connectivity index (χ0v) is 21.6. The van der Waals surface area contributed by atoms with Crippen molar-refractivity contribution >= 4 is 29.1 Å². The van der Waals surface area contributed by atoms with E-state index < -0.39 is 35.4 Å². The number of nitrogens with zero attached hydrogens (tertiary/aromatic N) is 3. The molecule has 0 radical (unpaired) electrons. The molecule has 2 amide bonds. The fourth-order valence-electron chi connectivity index (χ4n) is 4.69. The highest BCUT2D eigenvalue weighted by atomic mass is 19.1. The van der Waals surface area contributed by atoms with Crippen LogP contribution in [0.4, 0.5) is 14.5 Å². The number of ketones is 1. The van der Waals surface area contributed by atoms with E-state index in [1.807, 2.05) is 6.92 Å². The topological polar surface area (TPSA) is 105 Å². The Morgan fingerprint density at radius 1 is 1.08 bits per heavy atom. The van der Waals surface area contributed by atoms with Crippen molar-refractivity contribution in [2.75, 3.05) is 11.9 Å². The molecule has 2 heterocycles. The first-order chi connectivity index (χ1) is 18.1. The zero-order valence-electron chi connectivity index (χ0n) is 21.6. The van der Waals surface area contributed by atoms with Crippen molar-refractivity contribution in [2.24, 2.45) is 4.99 Å². The van der Waals surface area contributed by atoms with Crippen LogP contribution >= 0.6 is 0 Å². The predicted octanol–water partition coefficient (Wildman–Crippen LogP) is 4.89. The van der Waals surface area contributed by atoms with Crippen LogP contribution in [0.3, 0.4) is 0 Å². The Bertz CT molecular complexity index is 1410. The van der Waals surface area contributed by atoms with Crippen molar-refractivity contribution in [2.45, 2.75) is 52.5 Å². The van der Waals surface area contributed by atoms with Crippen molar-refractivity contribution in [3.05, 3.63) is 82.2 Å². The van der Waals surface area contributed by atoms with E-state index in [0.717, 1.165) is 6.07 Å². The molecule has 3 aromatic rings. The van der Waals surface area contributed by atoms with Gasteiger partial charge in [-0.3, -0.25) is 24.3 Å². The van der Waals surface area contributed by atoms with Crippen molar-refractivity contribution in [1.29, 1.82) is 0 Å². The lowest BCUT2D eigenvalue weighted by atomic mass is 9.85. The fourth-order valence-corrected chi connectivity index (χ4v) is 4.69. The number of hydrogen-bond acceptors (Lipinski definition) is 6. The van der Waals surface area contributed by atoms with E-state index in [1.165, 1.54) is 41.3 Å². The Morgan fingerprint density at radius 3 is 2.39 bits per heavy atom. The summed E-state index contributed by atoms with van der Waals surface area (Å²) in [6.07, 6.45) is 1.00. The molecule has 1 atom stereocenters. The normalized spacial score (nSPS) is 17.1. The molecular weight excluding hydrogens is 494 g/mol. The van der Waals surface area contributed by atoms with Crippen molar-refractivity contribution in [3.63, 3.8) is 0 Å². The van der Waals surface area contributed by atoms with Crippen LogP contribution < -0.4 is 5.32 Å². The van der Waals surface area contributed by atoms with Gasteiger partial charge in [0.25, 0.3) is 5.91 Å². The van der Waals surface area contributed by atoms with Crippen LogP contribution in [0, 0.1) is 25.5 Å². The number of benzene rings is 2. The highest BCUT2D eigenvalue weighted by Gasteiger charge is 2.48. The van der Waals surface area contributed by atoms with Gasteiger partial charge in [-0.1, -0.05) is 30.6 Å². The van der Waals surface area contributed by atoms with Gasteiger partial charge in [-0.25, -0.2) is 8.78 Å². The molecule has 198 valence electrons. The van der Waals surface area contributed by atoms with Crippen LogP contribution in [0.1, 0.15) is 59.6 Å². The van der Waals surface area contributed by atoms with Crippen molar-refractivity contribution < 1.29 is 27.7 Å². The van der Waals surface area contributed by atoms with Crippen LogP contribution in [0.2, 0.25) is 0 Å². The molecular formula is C28H28F2N4O4. The number of carbonyl (C=O) groups is 3. The number of Topliss-reactive ketones (excluding diaryl/α,β-unsaturated/α-hetero) is 1. The summed E-state index contributed by atoms with van der Waals surface area (Å²) < 4.78 is 33.5. The minimum atomic E-state index is -1.26. The van der Waals surface area contributed by atoms with E-state index in [4.69, 9.17) is 4.52 Å². The van der Waals surface area contributed by atoms with Gasteiger partial charge in [0.1, 0.15) is 23.2 Å². The number of aliphatic imine (C=N–C) groups is 1. The number of rotatable bonds is 9. The Hall–Kier alpha value is -4.21. The summed E-state index contributed by atoms with van der Waals surface area (Å²) in [4.78, 5) is 44.8. The van der Waals surface area contributed by atoms with E-state index in [-0.39, 0.29) is 23.6 Å². The number of nitrogens with one attached hydrogen (secondary N) is 1. The van der Waals surface area contributed by atoms with Crippen LogP contribution in [-0.4, -0.2) is 40.0 Å². The van der Waals surface area contributed by atoms with Gasteiger partial charge in [0, 0.05) is 11.3 Å². The van der Waals surface area contributed by atoms with Gasteiger partial charge in [-0.15, -0.1) is 0 Å². The number of aromatic nitrogens is 1. The van der Waals surface area contributed by atoms with Gasteiger partial charge < -0.3 is 9.84 Å². The predicted molar refractivity (Wildman–Crippen MR) is 137 cm³/mol. The minimum Gasteiger partial charge on any atom is -0.361 e. The van der Waals surface area contributed by atoms with E-state index in [0.29, 0.717) is 41.3 Å². The number of hydrogen-bond donors (Lipinski definition) is 1. The number of amidine groups is 1. The average Bonchev–Trinajstić information content (AvgIpc) is 3.30. The first kappa shape index (κ1) is 26.8. The molecule has 1 aliphatic heterocycles. The van der Waals surface area contributed by atoms with Crippen LogP contribution in [0.15, 0.2) is 52.0 Å². The Labute approximate surface area is 218 Å². The number of halogens is 2. The second kappa shape index (κ2) is 10.6. The summed E-state index contributed by atoms with van der Waals surface area (Å²) in [6.45, 7) is 6.53. The second-order valence-corrected chi connectivity index (χ2v) is 9.31. The molecule has 0 saturated carbocycles. The minimum absolute atomic E-state index is 0.00666. The highest BCUT2D eigenvalue weighted by molar-refractivity contribution is 6.11. The van der Waals surface area contributed by atoms with E-state index in [1.54, 1.807) is 20.8 Å². The monoisotopic (exact) mass is 522 g/mol. The third-order valence-electron chi connectivity index (χ3n) is 6.65. The zero-order chi connectivity index (χ0) is 27.6. The van der Waals surface area contributed by atoms with Gasteiger partial charge in [-0.2, -0.15) is 0 Å². The van der Waals surface area contributed by atoms with Gasteiger partial charge in [0.05, 0.1) is 24.2 Å². The lowest BCUT2D eigenvalue weighted by Crippen LogP contribution is -2.43. The molecule has 0 saturated heterocycles. The highest BCUT2D eigenvalue weighted by Crippen LogP contribution is 2.38. The SMILES string of the molecule is CCCC1(c2ccc(F)cc2)N=C(C)N(CC(=O)c2ccc(NC(=O)Cc3c(C)noc3C)cc2F)C1=O.